The summed E-state index contributed by atoms with van der Waals surface area (Å²) in [5.41, 5.74) is 5.75. The van der Waals surface area contributed by atoms with Crippen molar-refractivity contribution in [3.63, 3.8) is 0 Å². The number of H-pyrrole nitrogens is 2. The molecule has 1 aliphatic heterocycles. The van der Waals surface area contributed by atoms with Gasteiger partial charge in [-0.1, -0.05) is 76.2 Å². The van der Waals surface area contributed by atoms with Gasteiger partial charge in [-0.2, -0.15) is 0 Å². The van der Waals surface area contributed by atoms with Crippen molar-refractivity contribution in [3.8, 4) is 33.6 Å². The predicted octanol–water partition coefficient (Wildman–Crippen LogP) is 6.62. The predicted molar refractivity (Wildman–Crippen MR) is 219 cm³/mol. The van der Waals surface area contributed by atoms with Crippen molar-refractivity contribution in [1.82, 2.24) is 40.8 Å². The molecular weight excluding hydrogens is 759 g/mol. The Kier molecular flexibility index (Phi) is 12.8. The Bertz CT molecular complexity index is 2070. The molecule has 59 heavy (non-hydrogen) atoms. The highest BCUT2D eigenvalue weighted by Crippen LogP contribution is 2.57. The van der Waals surface area contributed by atoms with E-state index in [1.54, 1.807) is 11.1 Å². The van der Waals surface area contributed by atoms with Crippen LogP contribution in [0.1, 0.15) is 83.4 Å². The maximum absolute atomic E-state index is 13.6. The number of methoxy groups -OCH3 is 1. The summed E-state index contributed by atoms with van der Waals surface area (Å²) in [5.74, 6) is 0.934. The number of nitrogens with zero attached hydrogens (tertiary/aromatic N) is 3. The Hall–Kier alpha value is -5.15. The summed E-state index contributed by atoms with van der Waals surface area (Å²) >= 11 is 0. The number of aliphatic hydroxyl groups excluding tert-OH is 1. The van der Waals surface area contributed by atoms with E-state index in [0.29, 0.717) is 18.3 Å². The molecule has 7 rings (SSSR count). The monoisotopic (exact) mass is 814 g/mol. The molecule has 3 fully saturated rings. The lowest BCUT2D eigenvalue weighted by molar-refractivity contribution is -0.135. The van der Waals surface area contributed by atoms with Gasteiger partial charge in [-0.05, 0) is 78.0 Å². The molecule has 13 nitrogen and oxygen atoms in total. The van der Waals surface area contributed by atoms with Crippen molar-refractivity contribution in [3.05, 3.63) is 72.6 Å². The Labute approximate surface area is 343 Å². The van der Waals surface area contributed by atoms with Gasteiger partial charge in [0.25, 0.3) is 6.43 Å². The number of nitrogens with one attached hydrogen (secondary N) is 5. The van der Waals surface area contributed by atoms with Crippen LogP contribution >= 0.6 is 0 Å². The fourth-order valence-electron chi connectivity index (χ4n) is 9.53. The summed E-state index contributed by atoms with van der Waals surface area (Å²) < 4.78 is 30.4. The molecule has 6 N–H and O–H groups in total. The van der Waals surface area contributed by atoms with Gasteiger partial charge in [0.15, 0.2) is 0 Å². The molecule has 15 heteroatoms. The highest BCUT2D eigenvalue weighted by molar-refractivity contribution is 5.86. The smallest absolute Gasteiger partial charge is 0.407 e. The van der Waals surface area contributed by atoms with Crippen molar-refractivity contribution in [1.29, 1.82) is 0 Å². The Balaban J connectivity index is 1.000. The molecule has 2 aromatic carbocycles. The topological polar surface area (TPSA) is 177 Å². The minimum absolute atomic E-state index is 0.0298. The van der Waals surface area contributed by atoms with Gasteiger partial charge < -0.3 is 35.3 Å². The molecule has 0 spiro atoms. The molecule has 8 atom stereocenters. The number of imidazole rings is 2. The third-order valence-electron chi connectivity index (χ3n) is 12.6. The third-order valence-corrected chi connectivity index (χ3v) is 12.6. The van der Waals surface area contributed by atoms with E-state index in [2.05, 4.69) is 67.3 Å². The van der Waals surface area contributed by atoms with Crippen LogP contribution in [0.3, 0.4) is 0 Å². The van der Waals surface area contributed by atoms with Crippen LogP contribution in [0.25, 0.3) is 33.6 Å². The lowest BCUT2D eigenvalue weighted by Gasteiger charge is -2.36. The van der Waals surface area contributed by atoms with Gasteiger partial charge in [0, 0.05) is 18.4 Å². The fraction of sp³-hybridized carbons (Fsp3) is 0.523. The molecule has 1 saturated heterocycles. The second kappa shape index (κ2) is 18.0. The molecule has 2 aromatic heterocycles. The van der Waals surface area contributed by atoms with Crippen LogP contribution in [0, 0.1) is 29.6 Å². The largest absolute Gasteiger partial charge is 0.453 e. The zero-order valence-electron chi connectivity index (χ0n) is 34.3. The number of aromatic nitrogens is 4. The molecule has 3 amide bonds. The molecule has 5 unspecified atom stereocenters. The normalized spacial score (nSPS) is 22.9. The van der Waals surface area contributed by atoms with Crippen LogP contribution < -0.4 is 16.0 Å². The summed E-state index contributed by atoms with van der Waals surface area (Å²) in [7, 11) is 1.28. The summed E-state index contributed by atoms with van der Waals surface area (Å²) in [5, 5.41) is 19.6. The number of likely N-dealkylation sites (tertiary alicyclic amines) is 1. The number of halogens is 2. The van der Waals surface area contributed by atoms with Crippen molar-refractivity contribution < 1.29 is 33.0 Å². The number of fused-ring (bicyclic) bond motifs is 2. The highest BCUT2D eigenvalue weighted by atomic mass is 19.3. The zero-order chi connectivity index (χ0) is 42.0. The Morgan fingerprint density at radius 3 is 1.97 bits per heavy atom. The number of hydrogen-bond donors (Lipinski definition) is 6. The average Bonchev–Trinajstić information content (AvgIpc) is 4.09. The number of aliphatic hydroxyl groups is 1. The molecule has 316 valence electrons. The SMILES string of the molecule is COC(=O)N[C@H](C(=O)N1CCC[C@H]1c1ncc(-c2ccc(-c3ccc(-c4cnc(C5C6CCC(C6)C5C(O)N[C@@H](C(=O)NCC(F)F)C(C)C)[nH]4)cc3)cc2)[nH]1)C(C)C. The second-order valence-electron chi connectivity index (χ2n) is 17.0. The van der Waals surface area contributed by atoms with Crippen LogP contribution in [-0.2, 0) is 14.3 Å². The van der Waals surface area contributed by atoms with Crippen LogP contribution in [0.2, 0.25) is 0 Å². The van der Waals surface area contributed by atoms with Gasteiger partial charge in [0.1, 0.15) is 23.9 Å². The number of ether oxygens (including phenoxy) is 1. The fourth-order valence-corrected chi connectivity index (χ4v) is 9.53. The van der Waals surface area contributed by atoms with E-state index in [1.165, 1.54) is 7.11 Å². The number of alkyl halides is 2. The standard InChI is InChI=1S/C44H56F2N8O5/c1-23(2)37(42(56)49-22-34(45)46)52-41(55)36-30-17-16-29(19-30)35(36)40-48-21-32(51-40)28-14-10-26(11-15-28)25-8-12-27(13-9-25)31-20-47-39(50-31)33-7-6-18-54(33)43(57)38(24(3)4)53-44(58)59-5/h8-15,20-21,23-24,29-30,33-38,41,52,55H,6-7,16-19,22H2,1-5H3,(H,47,50)(H,48,51)(H,49,56)(H,53,58)/t29?,30?,33-,35?,36?,37+,38-,41?/m0/s1. The second-order valence-corrected chi connectivity index (χ2v) is 17.0. The van der Waals surface area contributed by atoms with E-state index in [4.69, 9.17) is 9.72 Å². The van der Waals surface area contributed by atoms with Gasteiger partial charge in [-0.25, -0.2) is 23.5 Å². The number of benzene rings is 2. The van der Waals surface area contributed by atoms with Crippen LogP contribution in [0.15, 0.2) is 60.9 Å². The van der Waals surface area contributed by atoms with Crippen molar-refractivity contribution in [2.24, 2.45) is 29.6 Å². The molecule has 3 heterocycles. The first kappa shape index (κ1) is 42.0. The van der Waals surface area contributed by atoms with Gasteiger partial charge in [-0.3, -0.25) is 14.9 Å². The lowest BCUT2D eigenvalue weighted by Crippen LogP contribution is -2.55. The Morgan fingerprint density at radius 2 is 1.39 bits per heavy atom. The highest BCUT2D eigenvalue weighted by Gasteiger charge is 2.52. The number of amides is 3. The zero-order valence-corrected chi connectivity index (χ0v) is 34.3. The molecular formula is C44H56F2N8O5. The first-order chi connectivity index (χ1) is 28.3. The van der Waals surface area contributed by atoms with E-state index in [9.17, 15) is 28.3 Å². The maximum Gasteiger partial charge on any atom is 0.407 e. The number of carbonyl (C=O) groups excluding carboxylic acids is 3. The first-order valence-corrected chi connectivity index (χ1v) is 20.8. The van der Waals surface area contributed by atoms with Crippen LogP contribution in [0.4, 0.5) is 13.6 Å². The number of aromatic amines is 2. The van der Waals surface area contributed by atoms with Gasteiger partial charge in [0.05, 0.1) is 49.5 Å². The molecule has 2 aliphatic carbocycles. The summed E-state index contributed by atoms with van der Waals surface area (Å²) in [4.78, 5) is 56.5. The minimum Gasteiger partial charge on any atom is -0.453 e. The molecule has 3 aliphatic rings. The summed E-state index contributed by atoms with van der Waals surface area (Å²) in [6.07, 6.45) is 3.97. The quantitative estimate of drug-likeness (QED) is 0.0726. The molecule has 4 aromatic rings. The first-order valence-electron chi connectivity index (χ1n) is 20.8. The average molecular weight is 815 g/mol. The van der Waals surface area contributed by atoms with E-state index in [1.807, 2.05) is 46.0 Å². The lowest BCUT2D eigenvalue weighted by atomic mass is 9.77. The molecule has 0 radical (unpaired) electrons. The summed E-state index contributed by atoms with van der Waals surface area (Å²) in [6, 6.07) is 14.8. The van der Waals surface area contributed by atoms with Crippen molar-refractivity contribution in [2.45, 2.75) is 96.5 Å². The number of alkyl carbamates (subject to hydrolysis) is 1. The number of carbonyl (C=O) groups is 3. The molecule has 2 saturated carbocycles. The number of hydrogen-bond acceptors (Lipinski definition) is 8. The number of rotatable bonds is 15. The van der Waals surface area contributed by atoms with Gasteiger partial charge in [0.2, 0.25) is 11.8 Å². The van der Waals surface area contributed by atoms with E-state index in [-0.39, 0.29) is 41.5 Å². The molecule has 2 bridgehead atoms. The van der Waals surface area contributed by atoms with Crippen LogP contribution in [0.5, 0.6) is 0 Å². The van der Waals surface area contributed by atoms with E-state index >= 15 is 0 Å². The third kappa shape index (κ3) is 9.05. The van der Waals surface area contributed by atoms with Gasteiger partial charge >= 0.3 is 6.09 Å². The van der Waals surface area contributed by atoms with Crippen molar-refractivity contribution >= 4 is 17.9 Å². The minimum atomic E-state index is -2.65. The maximum atomic E-state index is 13.6. The van der Waals surface area contributed by atoms with Crippen molar-refractivity contribution in [2.75, 3.05) is 20.2 Å². The van der Waals surface area contributed by atoms with Crippen LogP contribution in [-0.4, -0.2) is 92.8 Å². The van der Waals surface area contributed by atoms with Gasteiger partial charge in [-0.15, -0.1) is 0 Å². The Morgan fingerprint density at radius 1 is 0.831 bits per heavy atom. The van der Waals surface area contributed by atoms with E-state index < -0.39 is 43.3 Å². The van der Waals surface area contributed by atoms with E-state index in [0.717, 1.165) is 71.6 Å². The summed E-state index contributed by atoms with van der Waals surface area (Å²) in [6.45, 7) is 7.31.